The van der Waals surface area contributed by atoms with E-state index in [1.54, 1.807) is 6.07 Å². The van der Waals surface area contributed by atoms with Crippen molar-refractivity contribution in [3.63, 3.8) is 0 Å². The quantitative estimate of drug-likeness (QED) is 0.818. The number of nitrogens with zero attached hydrogens (tertiary/aromatic N) is 1. The van der Waals surface area contributed by atoms with Crippen molar-refractivity contribution >= 4 is 15.9 Å². The van der Waals surface area contributed by atoms with Crippen molar-refractivity contribution in [3.05, 3.63) is 35.6 Å². The number of benzene rings is 1. The molecule has 22 heavy (non-hydrogen) atoms. The van der Waals surface area contributed by atoms with E-state index in [0.717, 1.165) is 0 Å². The number of halogens is 1. The van der Waals surface area contributed by atoms with Crippen molar-refractivity contribution in [3.8, 4) is 0 Å². The van der Waals surface area contributed by atoms with Crippen LogP contribution in [0.3, 0.4) is 0 Å². The average molecular weight is 328 g/mol. The lowest BCUT2D eigenvalue weighted by Gasteiger charge is -2.19. The van der Waals surface area contributed by atoms with Crippen molar-refractivity contribution in [2.45, 2.75) is 17.8 Å². The van der Waals surface area contributed by atoms with Gasteiger partial charge in [0.15, 0.2) is 0 Å². The Morgan fingerprint density at radius 3 is 2.91 bits per heavy atom. The normalized spacial score (nSPS) is 27.6. The number of aliphatic hydroxyl groups excluding tert-OH is 1. The van der Waals surface area contributed by atoms with Gasteiger partial charge in [-0.3, -0.25) is 4.79 Å². The van der Waals surface area contributed by atoms with Gasteiger partial charge in [-0.05, 0) is 17.7 Å². The number of sulfonamides is 1. The average Bonchev–Trinajstić information content (AvgIpc) is 3.00. The smallest absolute Gasteiger partial charge is 0.225 e. The van der Waals surface area contributed by atoms with Crippen molar-refractivity contribution in [2.75, 3.05) is 19.6 Å². The third kappa shape index (κ3) is 2.86. The molecule has 2 saturated heterocycles. The van der Waals surface area contributed by atoms with Crippen LogP contribution in [0.2, 0.25) is 0 Å². The number of carbonyl (C=O) groups excluding carboxylic acids is 1. The highest BCUT2D eigenvalue weighted by Crippen LogP contribution is 2.29. The molecule has 2 N–H and O–H groups in total. The largest absolute Gasteiger partial charge is 0.388 e. The molecule has 6 nitrogen and oxygen atoms in total. The highest BCUT2D eigenvalue weighted by Gasteiger charge is 2.47. The Labute approximate surface area is 128 Å². The lowest BCUT2D eigenvalue weighted by atomic mass is 10.1. The van der Waals surface area contributed by atoms with Crippen molar-refractivity contribution in [1.82, 2.24) is 9.62 Å². The van der Waals surface area contributed by atoms with E-state index in [1.807, 2.05) is 0 Å². The Kier molecular flexibility index (Phi) is 3.92. The molecule has 0 aliphatic carbocycles. The summed E-state index contributed by atoms with van der Waals surface area (Å²) in [7, 11) is -3.33. The van der Waals surface area contributed by atoms with Crippen LogP contribution in [0, 0.1) is 11.7 Å². The lowest BCUT2D eigenvalue weighted by Crippen LogP contribution is -2.35. The summed E-state index contributed by atoms with van der Waals surface area (Å²) in [5, 5.41) is 9.47. The third-order valence-corrected chi connectivity index (χ3v) is 6.18. The van der Waals surface area contributed by atoms with Crippen molar-refractivity contribution in [1.29, 1.82) is 0 Å². The zero-order valence-electron chi connectivity index (χ0n) is 11.8. The first-order valence-corrected chi connectivity index (χ1v) is 8.61. The van der Waals surface area contributed by atoms with E-state index in [-0.39, 0.29) is 24.8 Å². The molecule has 0 saturated carbocycles. The van der Waals surface area contributed by atoms with Gasteiger partial charge in [0, 0.05) is 25.6 Å². The maximum Gasteiger partial charge on any atom is 0.225 e. The number of rotatable bonds is 3. The predicted molar refractivity (Wildman–Crippen MR) is 76.8 cm³/mol. The first-order valence-electron chi connectivity index (χ1n) is 7.06. The van der Waals surface area contributed by atoms with Crippen LogP contribution in [0.1, 0.15) is 18.1 Å². The molecule has 1 unspecified atom stereocenters. The van der Waals surface area contributed by atoms with Crippen LogP contribution in [0.25, 0.3) is 0 Å². The van der Waals surface area contributed by atoms with Gasteiger partial charge in [-0.15, -0.1) is 0 Å². The number of fused-ring (bicyclic) bond motifs is 1. The van der Waals surface area contributed by atoms with Gasteiger partial charge in [0.2, 0.25) is 15.9 Å². The van der Waals surface area contributed by atoms with Crippen LogP contribution in [0.5, 0.6) is 0 Å². The summed E-state index contributed by atoms with van der Waals surface area (Å²) in [4.78, 5) is 13.7. The Bertz CT molecular complexity index is 694. The van der Waals surface area contributed by atoms with E-state index in [4.69, 9.17) is 0 Å². The Morgan fingerprint density at radius 2 is 2.23 bits per heavy atom. The van der Waals surface area contributed by atoms with E-state index in [9.17, 15) is 22.7 Å². The first kappa shape index (κ1) is 15.4. The molecule has 0 radical (unpaired) electrons. The van der Waals surface area contributed by atoms with Crippen LogP contribution in [-0.4, -0.2) is 49.2 Å². The molecular weight excluding hydrogens is 311 g/mol. The van der Waals surface area contributed by atoms with Gasteiger partial charge in [0.05, 0.1) is 17.8 Å². The number of aliphatic hydroxyl groups is 1. The van der Waals surface area contributed by atoms with Gasteiger partial charge in [0.1, 0.15) is 5.82 Å². The summed E-state index contributed by atoms with van der Waals surface area (Å²) in [5.41, 5.74) is 0.335. The maximum atomic E-state index is 13.1. The van der Waals surface area contributed by atoms with Crippen LogP contribution < -0.4 is 4.72 Å². The zero-order valence-corrected chi connectivity index (χ0v) is 12.6. The van der Waals surface area contributed by atoms with Crippen LogP contribution in [-0.2, 0) is 14.8 Å². The van der Waals surface area contributed by atoms with Gasteiger partial charge >= 0.3 is 0 Å². The summed E-state index contributed by atoms with van der Waals surface area (Å²) in [6.07, 6.45) is -1.28. The third-order valence-electron chi connectivity index (χ3n) is 4.28. The Hall–Kier alpha value is -1.51. The second-order valence-electron chi connectivity index (χ2n) is 5.77. The molecule has 1 amide bonds. The molecule has 3 atom stereocenters. The fourth-order valence-corrected chi connectivity index (χ4v) is 4.77. The zero-order chi connectivity index (χ0) is 15.9. The molecule has 0 aromatic heterocycles. The number of hydrogen-bond acceptors (Lipinski definition) is 4. The first-order chi connectivity index (χ1) is 10.4. The fraction of sp³-hybridized carbons (Fsp3) is 0.500. The SMILES string of the molecule is O=C(CC(O)c1cccc(F)c1)N1C[C@@H]2CNS(=O)(=O)[C@@H]2C1. The molecule has 2 fully saturated rings. The molecule has 8 heteroatoms. The summed E-state index contributed by atoms with van der Waals surface area (Å²) in [6, 6.07) is 5.47. The number of amides is 1. The molecule has 0 spiro atoms. The van der Waals surface area contributed by atoms with Crippen molar-refractivity contribution < 1.29 is 22.7 Å². The number of carbonyl (C=O) groups is 1. The second kappa shape index (κ2) is 5.60. The van der Waals surface area contributed by atoms with Crippen LogP contribution >= 0.6 is 0 Å². The predicted octanol–water partition coefficient (Wildman–Crippen LogP) is 0.00920. The highest BCUT2D eigenvalue weighted by molar-refractivity contribution is 7.90. The van der Waals surface area contributed by atoms with E-state index in [2.05, 4.69) is 4.72 Å². The van der Waals surface area contributed by atoms with Crippen LogP contribution in [0.15, 0.2) is 24.3 Å². The topological polar surface area (TPSA) is 86.7 Å². The summed E-state index contributed by atoms with van der Waals surface area (Å²) >= 11 is 0. The molecule has 2 aliphatic rings. The van der Waals surface area contributed by atoms with E-state index >= 15 is 0 Å². The minimum Gasteiger partial charge on any atom is -0.388 e. The van der Waals surface area contributed by atoms with Gasteiger partial charge in [-0.2, -0.15) is 0 Å². The Morgan fingerprint density at radius 1 is 1.45 bits per heavy atom. The second-order valence-corrected chi connectivity index (χ2v) is 7.75. The maximum absolute atomic E-state index is 13.1. The monoisotopic (exact) mass is 328 g/mol. The van der Waals surface area contributed by atoms with Crippen molar-refractivity contribution in [2.24, 2.45) is 5.92 Å². The fourth-order valence-electron chi connectivity index (χ4n) is 3.05. The van der Waals surface area contributed by atoms with Gasteiger partial charge in [-0.1, -0.05) is 12.1 Å². The number of nitrogens with one attached hydrogen (secondary N) is 1. The summed E-state index contributed by atoms with van der Waals surface area (Å²) in [6.45, 7) is 0.865. The molecule has 2 aliphatic heterocycles. The van der Waals surface area contributed by atoms with E-state index in [0.29, 0.717) is 18.7 Å². The van der Waals surface area contributed by atoms with E-state index < -0.39 is 27.2 Å². The van der Waals surface area contributed by atoms with E-state index in [1.165, 1.54) is 23.1 Å². The number of hydrogen-bond donors (Lipinski definition) is 2. The summed E-state index contributed by atoms with van der Waals surface area (Å²) in [5.74, 6) is -0.890. The standard InChI is InChI=1S/C14H17FN2O4S/c15-11-3-1-2-9(4-11)12(18)5-14(19)17-7-10-6-16-22(20,21)13(10)8-17/h1-4,10,12-13,16,18H,5-8H2/t10-,12?,13+/m0/s1. The molecule has 2 heterocycles. The lowest BCUT2D eigenvalue weighted by molar-refractivity contribution is -0.132. The van der Waals surface area contributed by atoms with Gasteiger partial charge in [-0.25, -0.2) is 17.5 Å². The molecule has 1 aromatic carbocycles. The Balaban J connectivity index is 1.64. The highest BCUT2D eigenvalue weighted by atomic mass is 32.2. The molecule has 3 rings (SSSR count). The number of likely N-dealkylation sites (tertiary alicyclic amines) is 1. The van der Waals surface area contributed by atoms with Gasteiger partial charge in [0.25, 0.3) is 0 Å². The molecule has 1 aromatic rings. The van der Waals surface area contributed by atoms with Crippen LogP contribution in [0.4, 0.5) is 4.39 Å². The molecule has 0 bridgehead atoms. The summed E-state index contributed by atoms with van der Waals surface area (Å²) < 4.78 is 39.1. The molecule has 120 valence electrons. The minimum atomic E-state index is -3.33. The molecular formula is C14H17FN2O4S. The minimum absolute atomic E-state index is 0.0970. The van der Waals surface area contributed by atoms with Gasteiger partial charge < -0.3 is 10.0 Å².